The zero-order valence-electron chi connectivity index (χ0n) is 23.4. The average Bonchev–Trinajstić information content (AvgIpc) is 2.93. The third kappa shape index (κ3) is 5.55. The van der Waals surface area contributed by atoms with Gasteiger partial charge in [-0.05, 0) is 56.6 Å². The molecule has 0 unspecified atom stereocenters. The number of urea groups is 1. The second-order valence-electron chi connectivity index (χ2n) is 10.6. The van der Waals surface area contributed by atoms with Crippen LogP contribution in [0.2, 0.25) is 0 Å². The molecule has 206 valence electrons. The maximum atomic E-state index is 13.8. The molecule has 2 aliphatic rings. The fourth-order valence-electron chi connectivity index (χ4n) is 5.48. The Balaban J connectivity index is 1.42. The summed E-state index contributed by atoms with van der Waals surface area (Å²) in [6.07, 6.45) is 3.68. The Morgan fingerprint density at radius 1 is 1.05 bits per heavy atom. The van der Waals surface area contributed by atoms with E-state index in [2.05, 4.69) is 40.1 Å². The quantitative estimate of drug-likeness (QED) is 0.432. The van der Waals surface area contributed by atoms with Gasteiger partial charge in [-0.15, -0.1) is 0 Å². The van der Waals surface area contributed by atoms with Gasteiger partial charge in [-0.2, -0.15) is 4.98 Å². The van der Waals surface area contributed by atoms with Crippen molar-refractivity contribution >= 4 is 34.9 Å². The molecule has 3 heterocycles. The first-order chi connectivity index (χ1) is 18.9. The van der Waals surface area contributed by atoms with Crippen molar-refractivity contribution in [2.45, 2.75) is 46.8 Å². The van der Waals surface area contributed by atoms with E-state index in [1.54, 1.807) is 4.90 Å². The third-order valence-electron chi connectivity index (χ3n) is 7.68. The number of unbranched alkanes of at least 4 members (excludes halogenated alkanes) is 1. The van der Waals surface area contributed by atoms with E-state index in [9.17, 15) is 9.90 Å². The lowest BCUT2D eigenvalue weighted by atomic mass is 10.1. The van der Waals surface area contributed by atoms with Gasteiger partial charge in [0.15, 0.2) is 0 Å². The summed E-state index contributed by atoms with van der Waals surface area (Å²) in [7, 11) is 2.13. The van der Waals surface area contributed by atoms with Crippen molar-refractivity contribution in [2.24, 2.45) is 0 Å². The van der Waals surface area contributed by atoms with Crippen LogP contribution in [0, 0.1) is 13.8 Å². The normalized spacial score (nSPS) is 16.0. The van der Waals surface area contributed by atoms with E-state index >= 15 is 0 Å². The van der Waals surface area contributed by atoms with Crippen LogP contribution in [0.1, 0.15) is 42.0 Å². The van der Waals surface area contributed by atoms with Crippen LogP contribution in [0.15, 0.2) is 42.6 Å². The highest BCUT2D eigenvalue weighted by atomic mass is 16.3. The smallest absolute Gasteiger partial charge is 0.330 e. The van der Waals surface area contributed by atoms with Crippen molar-refractivity contribution in [3.8, 4) is 0 Å². The Labute approximate surface area is 231 Å². The van der Waals surface area contributed by atoms with E-state index in [4.69, 9.17) is 4.98 Å². The molecule has 0 bridgehead atoms. The largest absolute Gasteiger partial charge is 0.392 e. The predicted molar refractivity (Wildman–Crippen MR) is 157 cm³/mol. The van der Waals surface area contributed by atoms with E-state index in [1.807, 2.05) is 55.3 Å². The Kier molecular flexibility index (Phi) is 7.99. The molecule has 2 aliphatic heterocycles. The number of carbonyl (C=O) groups is 1. The SMILES string of the molecule is CCCCN1C(=O)N(c2c(C)cccc2C)Cc2cnc(Nc3ccc(N4CCN(C)CC4)c(CO)c3)nc21. The van der Waals surface area contributed by atoms with Crippen LogP contribution in [-0.4, -0.2) is 65.8 Å². The number of amides is 2. The molecule has 39 heavy (non-hydrogen) atoms. The molecule has 0 atom stereocenters. The highest BCUT2D eigenvalue weighted by Crippen LogP contribution is 2.35. The van der Waals surface area contributed by atoms with Crippen molar-refractivity contribution in [3.05, 3.63) is 64.8 Å². The van der Waals surface area contributed by atoms with Crippen LogP contribution in [0.5, 0.6) is 0 Å². The molecule has 5 rings (SSSR count). The van der Waals surface area contributed by atoms with Gasteiger partial charge in [0.25, 0.3) is 0 Å². The number of aliphatic hydroxyl groups is 1. The predicted octanol–water partition coefficient (Wildman–Crippen LogP) is 4.83. The lowest BCUT2D eigenvalue weighted by molar-refractivity contribution is 0.249. The Hall–Kier alpha value is -3.69. The highest BCUT2D eigenvalue weighted by molar-refractivity contribution is 6.06. The molecule has 9 heteroatoms. The highest BCUT2D eigenvalue weighted by Gasteiger charge is 2.34. The number of aryl methyl sites for hydroxylation is 2. The topological polar surface area (TPSA) is 88.1 Å². The fraction of sp³-hybridized carbons (Fsp3) is 0.433. The number of nitrogens with zero attached hydrogens (tertiary/aromatic N) is 6. The molecule has 2 amide bonds. The molecule has 1 aromatic heterocycles. The molecule has 2 N–H and O–H groups in total. The summed E-state index contributed by atoms with van der Waals surface area (Å²) >= 11 is 0. The average molecular weight is 530 g/mol. The van der Waals surface area contributed by atoms with Crippen LogP contribution >= 0.6 is 0 Å². The number of nitrogens with one attached hydrogen (secondary N) is 1. The second kappa shape index (κ2) is 11.6. The molecule has 1 fully saturated rings. The summed E-state index contributed by atoms with van der Waals surface area (Å²) in [6.45, 7) is 11.1. The first-order valence-corrected chi connectivity index (χ1v) is 13.8. The van der Waals surface area contributed by atoms with Crippen molar-refractivity contribution in [2.75, 3.05) is 59.8 Å². The summed E-state index contributed by atoms with van der Waals surface area (Å²) in [6, 6.07) is 12.1. The van der Waals surface area contributed by atoms with Crippen LogP contribution in [0.3, 0.4) is 0 Å². The van der Waals surface area contributed by atoms with Crippen LogP contribution in [0.25, 0.3) is 0 Å². The summed E-state index contributed by atoms with van der Waals surface area (Å²) in [5.74, 6) is 1.09. The molecule has 3 aromatic rings. The molecule has 2 aromatic carbocycles. The number of aromatic nitrogens is 2. The van der Waals surface area contributed by atoms with Crippen LogP contribution in [0.4, 0.5) is 33.6 Å². The van der Waals surface area contributed by atoms with E-state index in [0.29, 0.717) is 24.9 Å². The number of piperazine rings is 1. The van der Waals surface area contributed by atoms with Crippen molar-refractivity contribution in [1.29, 1.82) is 0 Å². The van der Waals surface area contributed by atoms with E-state index in [-0.39, 0.29) is 12.6 Å². The maximum Gasteiger partial charge on any atom is 0.330 e. The number of benzene rings is 2. The van der Waals surface area contributed by atoms with E-state index < -0.39 is 0 Å². The molecular formula is C30H39N7O2. The second-order valence-corrected chi connectivity index (χ2v) is 10.6. The molecule has 0 spiro atoms. The number of likely N-dealkylation sites (N-methyl/N-ethyl adjacent to an activating group) is 1. The van der Waals surface area contributed by atoms with Gasteiger partial charge in [-0.1, -0.05) is 31.5 Å². The monoisotopic (exact) mass is 529 g/mol. The number of carbonyl (C=O) groups excluding carboxylic acids is 1. The van der Waals surface area contributed by atoms with Gasteiger partial charge in [0.1, 0.15) is 5.82 Å². The van der Waals surface area contributed by atoms with Gasteiger partial charge in [-0.3, -0.25) is 9.80 Å². The zero-order valence-corrected chi connectivity index (χ0v) is 23.4. The first kappa shape index (κ1) is 26.9. The van der Waals surface area contributed by atoms with Crippen molar-refractivity contribution < 1.29 is 9.90 Å². The minimum Gasteiger partial charge on any atom is -0.392 e. The Morgan fingerprint density at radius 3 is 2.49 bits per heavy atom. The number of para-hydroxylation sites is 1. The van der Waals surface area contributed by atoms with Gasteiger partial charge >= 0.3 is 6.03 Å². The number of anilines is 5. The molecule has 0 saturated carbocycles. The van der Waals surface area contributed by atoms with Crippen molar-refractivity contribution in [3.63, 3.8) is 0 Å². The molecular weight excluding hydrogens is 490 g/mol. The van der Waals surface area contributed by atoms with Gasteiger partial charge in [0, 0.05) is 61.4 Å². The number of rotatable bonds is 8. The minimum absolute atomic E-state index is 0.0459. The fourth-order valence-corrected chi connectivity index (χ4v) is 5.48. The number of hydrogen-bond donors (Lipinski definition) is 2. The van der Waals surface area contributed by atoms with E-state index in [1.165, 1.54) is 0 Å². The number of hydrogen-bond acceptors (Lipinski definition) is 7. The molecule has 9 nitrogen and oxygen atoms in total. The summed E-state index contributed by atoms with van der Waals surface area (Å²) in [5.41, 5.74) is 6.74. The lowest BCUT2D eigenvalue weighted by Gasteiger charge is -2.37. The van der Waals surface area contributed by atoms with Gasteiger partial charge < -0.3 is 20.2 Å². The summed E-state index contributed by atoms with van der Waals surface area (Å²) < 4.78 is 0. The van der Waals surface area contributed by atoms with Gasteiger partial charge in [0.05, 0.1) is 18.8 Å². The number of aliphatic hydroxyl groups excluding tert-OH is 1. The standard InChI is InChI=1S/C30H39N7O2/c1-5-6-12-36-28-24(19-37(30(36)39)27-21(2)8-7-9-22(27)3)18-31-29(33-28)32-25-10-11-26(23(17-25)20-38)35-15-13-34(4)14-16-35/h7-11,17-18,38H,5-6,12-16,19-20H2,1-4H3,(H,31,32,33). The van der Waals surface area contributed by atoms with Gasteiger partial charge in [0.2, 0.25) is 5.95 Å². The molecule has 1 saturated heterocycles. The van der Waals surface area contributed by atoms with Gasteiger partial charge in [-0.25, -0.2) is 9.78 Å². The Bertz CT molecular complexity index is 1320. The Morgan fingerprint density at radius 2 is 1.79 bits per heavy atom. The minimum atomic E-state index is -0.0582. The van der Waals surface area contributed by atoms with Crippen LogP contribution < -0.4 is 20.0 Å². The van der Waals surface area contributed by atoms with Crippen molar-refractivity contribution in [1.82, 2.24) is 14.9 Å². The first-order valence-electron chi connectivity index (χ1n) is 13.8. The third-order valence-corrected chi connectivity index (χ3v) is 7.68. The van der Waals surface area contributed by atoms with E-state index in [0.717, 1.165) is 78.3 Å². The molecule has 0 radical (unpaired) electrons. The lowest BCUT2D eigenvalue weighted by Crippen LogP contribution is -2.48. The molecule has 0 aliphatic carbocycles. The summed E-state index contributed by atoms with van der Waals surface area (Å²) in [4.78, 5) is 31.5. The maximum absolute atomic E-state index is 13.8. The zero-order chi connectivity index (χ0) is 27.5. The van der Waals surface area contributed by atoms with Crippen LogP contribution in [-0.2, 0) is 13.2 Å². The number of fused-ring (bicyclic) bond motifs is 1. The summed E-state index contributed by atoms with van der Waals surface area (Å²) in [5, 5.41) is 13.4.